The quantitative estimate of drug-likeness (QED) is 0.175. The number of benzene rings is 4. The lowest BCUT2D eigenvalue weighted by Crippen LogP contribution is -2.04. The number of rotatable bonds is 6. The van der Waals surface area contributed by atoms with Crippen LogP contribution < -0.4 is 0 Å². The summed E-state index contributed by atoms with van der Waals surface area (Å²) < 4.78 is 7.06. The number of para-hydroxylation sites is 1. The van der Waals surface area contributed by atoms with Gasteiger partial charge >= 0.3 is 0 Å². The first-order valence-corrected chi connectivity index (χ1v) is 18.7. The SMILES string of the molecule is C/C=C\c1c(C)c2c(n1-c1cccc(-n3c(-c4ccccc4)nc4c(-c5cccc(-n6c7c(c8ccccc86)CCC=C7)c5)ccnc43)c1)C=CCC2. The topological polar surface area (TPSA) is 40.6 Å². The number of aryl methyl sites for hydroxylation is 1. The van der Waals surface area contributed by atoms with Gasteiger partial charge in [0.2, 0.25) is 0 Å². The Hall–Kier alpha value is -6.46. The van der Waals surface area contributed by atoms with Gasteiger partial charge in [0.15, 0.2) is 5.65 Å². The summed E-state index contributed by atoms with van der Waals surface area (Å²) in [6.45, 7) is 4.35. The van der Waals surface area contributed by atoms with Gasteiger partial charge in [-0.3, -0.25) is 4.57 Å². The lowest BCUT2D eigenvalue weighted by atomic mass is 10.00. The predicted octanol–water partition coefficient (Wildman–Crippen LogP) is 11.7. The zero-order valence-corrected chi connectivity index (χ0v) is 30.0. The van der Waals surface area contributed by atoms with E-state index in [-0.39, 0.29) is 0 Å². The highest BCUT2D eigenvalue weighted by Gasteiger charge is 2.23. The molecule has 0 radical (unpaired) electrons. The normalized spacial score (nSPS) is 13.7. The van der Waals surface area contributed by atoms with E-state index >= 15 is 0 Å². The molecule has 0 saturated carbocycles. The molecular formula is C48H39N5. The molecule has 0 aliphatic heterocycles. The van der Waals surface area contributed by atoms with Crippen molar-refractivity contribution in [2.75, 3.05) is 0 Å². The van der Waals surface area contributed by atoms with Crippen molar-refractivity contribution in [3.63, 3.8) is 0 Å². The summed E-state index contributed by atoms with van der Waals surface area (Å²) in [4.78, 5) is 10.5. The van der Waals surface area contributed by atoms with Gasteiger partial charge in [-0.2, -0.15) is 0 Å². The Morgan fingerprint density at radius 3 is 2.13 bits per heavy atom. The van der Waals surface area contributed by atoms with Gasteiger partial charge in [-0.1, -0.05) is 85.0 Å². The zero-order chi connectivity index (χ0) is 35.5. The Kier molecular flexibility index (Phi) is 7.46. The van der Waals surface area contributed by atoms with Crippen molar-refractivity contribution >= 4 is 40.3 Å². The summed E-state index contributed by atoms with van der Waals surface area (Å²) in [7, 11) is 0. The molecule has 4 aromatic heterocycles. The van der Waals surface area contributed by atoms with Gasteiger partial charge < -0.3 is 9.13 Å². The monoisotopic (exact) mass is 685 g/mol. The molecular weight excluding hydrogens is 647 g/mol. The summed E-state index contributed by atoms with van der Waals surface area (Å²) in [6.07, 6.45) is 19.8. The number of hydrogen-bond donors (Lipinski definition) is 0. The second-order valence-corrected chi connectivity index (χ2v) is 14.0. The van der Waals surface area contributed by atoms with E-state index in [9.17, 15) is 0 Å². The fourth-order valence-electron chi connectivity index (χ4n) is 8.61. The van der Waals surface area contributed by atoms with E-state index in [4.69, 9.17) is 9.97 Å². The molecule has 0 saturated heterocycles. The molecule has 10 rings (SSSR count). The Morgan fingerprint density at radius 1 is 0.642 bits per heavy atom. The molecule has 4 heterocycles. The van der Waals surface area contributed by atoms with Crippen LogP contribution in [0.25, 0.3) is 79.9 Å². The molecule has 0 spiro atoms. The van der Waals surface area contributed by atoms with Gasteiger partial charge in [0.25, 0.3) is 0 Å². The van der Waals surface area contributed by atoms with Gasteiger partial charge in [0.05, 0.1) is 11.2 Å². The van der Waals surface area contributed by atoms with Crippen LogP contribution in [0, 0.1) is 6.92 Å². The first-order valence-electron chi connectivity index (χ1n) is 18.7. The van der Waals surface area contributed by atoms with Gasteiger partial charge in [-0.15, -0.1) is 0 Å². The molecule has 0 bridgehead atoms. The van der Waals surface area contributed by atoms with Crippen LogP contribution in [-0.4, -0.2) is 23.7 Å². The lowest BCUT2D eigenvalue weighted by molar-refractivity contribution is 0.951. The number of aromatic nitrogens is 5. The predicted molar refractivity (Wildman–Crippen MR) is 220 cm³/mol. The van der Waals surface area contributed by atoms with Crippen molar-refractivity contribution in [2.45, 2.75) is 39.5 Å². The molecule has 4 aromatic carbocycles. The van der Waals surface area contributed by atoms with Crippen molar-refractivity contribution in [2.24, 2.45) is 0 Å². The summed E-state index contributed by atoms with van der Waals surface area (Å²) in [5.41, 5.74) is 17.4. The van der Waals surface area contributed by atoms with Crippen LogP contribution >= 0.6 is 0 Å². The van der Waals surface area contributed by atoms with Crippen LogP contribution in [-0.2, 0) is 12.8 Å². The fraction of sp³-hybridized carbons (Fsp3) is 0.125. The van der Waals surface area contributed by atoms with Crippen molar-refractivity contribution < 1.29 is 0 Å². The maximum atomic E-state index is 5.43. The van der Waals surface area contributed by atoms with Gasteiger partial charge in [-0.25, -0.2) is 9.97 Å². The molecule has 0 amide bonds. The summed E-state index contributed by atoms with van der Waals surface area (Å²) >= 11 is 0. The van der Waals surface area contributed by atoms with Gasteiger partial charge in [-0.05, 0) is 122 Å². The van der Waals surface area contributed by atoms with Gasteiger partial charge in [0, 0.05) is 51.2 Å². The number of fused-ring (bicyclic) bond motifs is 5. The van der Waals surface area contributed by atoms with E-state index < -0.39 is 0 Å². The van der Waals surface area contributed by atoms with E-state index in [1.165, 1.54) is 44.7 Å². The Labute approximate surface area is 309 Å². The molecule has 256 valence electrons. The van der Waals surface area contributed by atoms with Crippen LogP contribution in [0.15, 0.2) is 134 Å². The molecule has 0 unspecified atom stereocenters. The number of pyridine rings is 1. The van der Waals surface area contributed by atoms with Crippen LogP contribution in [0.1, 0.15) is 53.5 Å². The van der Waals surface area contributed by atoms with E-state index in [0.29, 0.717) is 0 Å². The third kappa shape index (κ3) is 4.99. The lowest BCUT2D eigenvalue weighted by Gasteiger charge is -2.16. The smallest absolute Gasteiger partial charge is 0.165 e. The van der Waals surface area contributed by atoms with E-state index in [1.807, 2.05) is 6.20 Å². The summed E-state index contributed by atoms with van der Waals surface area (Å²) in [5.74, 6) is 0.865. The van der Waals surface area contributed by atoms with E-state index in [1.54, 1.807) is 0 Å². The average Bonchev–Trinajstić information content (AvgIpc) is 3.86. The van der Waals surface area contributed by atoms with Crippen LogP contribution in [0.3, 0.4) is 0 Å². The zero-order valence-electron chi connectivity index (χ0n) is 30.0. The van der Waals surface area contributed by atoms with Crippen LogP contribution in [0.5, 0.6) is 0 Å². The fourth-order valence-corrected chi connectivity index (χ4v) is 8.61. The third-order valence-corrected chi connectivity index (χ3v) is 11.0. The van der Waals surface area contributed by atoms with Gasteiger partial charge in [0.1, 0.15) is 11.3 Å². The second kappa shape index (κ2) is 12.6. The standard InChI is InChI=1S/C48H39N5/c1-3-15-42-32(2)38-22-7-10-25-43(38)51(42)36-20-14-21-37(31-36)53-47(33-16-5-4-6-17-33)50-46-39(28-29-49-48(46)53)34-18-13-19-35(30-34)52-44-26-11-8-23-40(44)41-24-9-12-27-45(41)52/h3-6,8,10-21,23,25-31H,7,9,22,24H2,1-2H3/b15-3-. The minimum absolute atomic E-state index is 0.829. The first kappa shape index (κ1) is 31.3. The molecule has 2 aliphatic carbocycles. The van der Waals surface area contributed by atoms with Crippen molar-refractivity contribution in [1.29, 1.82) is 0 Å². The van der Waals surface area contributed by atoms with Crippen molar-refractivity contribution in [1.82, 2.24) is 23.7 Å². The Balaban J connectivity index is 1.17. The first-order chi connectivity index (χ1) is 26.2. The highest BCUT2D eigenvalue weighted by molar-refractivity contribution is 5.95. The molecule has 2 aliphatic rings. The van der Waals surface area contributed by atoms with Crippen molar-refractivity contribution in [3.8, 4) is 39.6 Å². The molecule has 0 N–H and O–H groups in total. The largest absolute Gasteiger partial charge is 0.310 e. The number of imidazole rings is 1. The minimum Gasteiger partial charge on any atom is -0.310 e. The number of nitrogens with zero attached hydrogens (tertiary/aromatic N) is 5. The minimum atomic E-state index is 0.829. The average molecular weight is 686 g/mol. The van der Waals surface area contributed by atoms with Crippen LogP contribution in [0.2, 0.25) is 0 Å². The Bertz CT molecular complexity index is 2800. The highest BCUT2D eigenvalue weighted by Crippen LogP contribution is 2.38. The van der Waals surface area contributed by atoms with Crippen molar-refractivity contribution in [3.05, 3.63) is 167 Å². The number of hydrogen-bond acceptors (Lipinski definition) is 2. The third-order valence-electron chi connectivity index (χ3n) is 11.0. The van der Waals surface area contributed by atoms with Crippen LogP contribution in [0.4, 0.5) is 0 Å². The second-order valence-electron chi connectivity index (χ2n) is 14.0. The Morgan fingerprint density at radius 2 is 1.32 bits per heavy atom. The summed E-state index contributed by atoms with van der Waals surface area (Å²) in [5, 5.41) is 1.33. The van der Waals surface area contributed by atoms with E-state index in [2.05, 4.69) is 173 Å². The van der Waals surface area contributed by atoms with E-state index in [0.717, 1.165) is 76.4 Å². The highest BCUT2D eigenvalue weighted by atomic mass is 15.1. The molecule has 8 aromatic rings. The molecule has 5 heteroatoms. The molecule has 53 heavy (non-hydrogen) atoms. The molecule has 0 atom stereocenters. The molecule has 0 fully saturated rings. The maximum Gasteiger partial charge on any atom is 0.165 e. The maximum absolute atomic E-state index is 5.43. The summed E-state index contributed by atoms with van der Waals surface area (Å²) in [6, 6.07) is 39.1. The number of allylic oxidation sites excluding steroid dienone is 3. The molecule has 5 nitrogen and oxygen atoms in total.